The van der Waals surface area contributed by atoms with Crippen LogP contribution in [0.3, 0.4) is 0 Å². The Hall–Kier alpha value is -1.01. The van der Waals surface area contributed by atoms with Crippen molar-refractivity contribution < 1.29 is 18.7 Å². The molecule has 1 fully saturated rings. The number of halogens is 2. The zero-order valence-corrected chi connectivity index (χ0v) is 9.84. The molecule has 1 aliphatic rings. The van der Waals surface area contributed by atoms with E-state index in [-0.39, 0.29) is 11.6 Å². The Balaban J connectivity index is 2.05. The molecule has 0 spiro atoms. The fourth-order valence-corrected chi connectivity index (χ4v) is 3.01. The predicted octanol–water partition coefficient (Wildman–Crippen LogP) is 2.81. The predicted molar refractivity (Wildman–Crippen MR) is 60.4 cm³/mol. The van der Waals surface area contributed by atoms with Crippen LogP contribution in [0.4, 0.5) is 8.78 Å². The zero-order valence-electron chi connectivity index (χ0n) is 9.03. The number of piperidine rings is 1. The standard InChI is InChI=1S/C11H13F2NO2S/c12-10(13)8-5-17-4-7(8)9-2-1-6(3-14-9)11(15)16/h4-6,9-10,14H,1-3H2,(H,15,16). The van der Waals surface area contributed by atoms with Crippen molar-refractivity contribution in [3.8, 4) is 0 Å². The highest BCUT2D eigenvalue weighted by atomic mass is 32.1. The number of alkyl halides is 2. The first-order valence-electron chi connectivity index (χ1n) is 5.40. The van der Waals surface area contributed by atoms with Crippen molar-refractivity contribution in [3.63, 3.8) is 0 Å². The summed E-state index contributed by atoms with van der Waals surface area (Å²) in [7, 11) is 0. The molecule has 0 aromatic carbocycles. The second-order valence-electron chi connectivity index (χ2n) is 4.16. The van der Waals surface area contributed by atoms with Crippen molar-refractivity contribution in [2.24, 2.45) is 5.92 Å². The van der Waals surface area contributed by atoms with Crippen LogP contribution in [0.2, 0.25) is 0 Å². The van der Waals surface area contributed by atoms with E-state index in [2.05, 4.69) is 5.32 Å². The van der Waals surface area contributed by atoms with Gasteiger partial charge in [-0.25, -0.2) is 8.78 Å². The van der Waals surface area contributed by atoms with E-state index in [1.807, 2.05) is 0 Å². The molecule has 6 heteroatoms. The van der Waals surface area contributed by atoms with Gasteiger partial charge >= 0.3 is 5.97 Å². The van der Waals surface area contributed by atoms with E-state index >= 15 is 0 Å². The van der Waals surface area contributed by atoms with Crippen molar-refractivity contribution in [1.82, 2.24) is 5.32 Å². The molecule has 2 unspecified atom stereocenters. The summed E-state index contributed by atoms with van der Waals surface area (Å²) in [4.78, 5) is 10.8. The molecule has 0 aliphatic carbocycles. The number of carbonyl (C=O) groups is 1. The lowest BCUT2D eigenvalue weighted by Gasteiger charge is -2.28. The lowest BCUT2D eigenvalue weighted by Crippen LogP contribution is -2.37. The number of carboxylic acid groups (broad SMARTS) is 1. The normalized spacial score (nSPS) is 25.1. The van der Waals surface area contributed by atoms with Gasteiger partial charge in [0.25, 0.3) is 6.43 Å². The summed E-state index contributed by atoms with van der Waals surface area (Å²) in [5.74, 6) is -1.23. The van der Waals surface area contributed by atoms with Crippen LogP contribution in [0.5, 0.6) is 0 Å². The quantitative estimate of drug-likeness (QED) is 0.879. The third-order valence-electron chi connectivity index (χ3n) is 3.10. The van der Waals surface area contributed by atoms with Crippen molar-refractivity contribution in [1.29, 1.82) is 0 Å². The van der Waals surface area contributed by atoms with Crippen molar-refractivity contribution in [2.45, 2.75) is 25.3 Å². The molecule has 0 saturated carbocycles. The summed E-state index contributed by atoms with van der Waals surface area (Å²) in [5, 5.41) is 15.1. The number of carboxylic acids is 1. The number of hydrogen-bond donors (Lipinski definition) is 2. The van der Waals surface area contributed by atoms with Gasteiger partial charge in [-0.3, -0.25) is 4.79 Å². The van der Waals surface area contributed by atoms with Crippen molar-refractivity contribution in [3.05, 3.63) is 21.9 Å². The molecule has 0 bridgehead atoms. The van der Waals surface area contributed by atoms with Crippen LogP contribution >= 0.6 is 11.3 Å². The van der Waals surface area contributed by atoms with E-state index in [0.717, 1.165) is 0 Å². The van der Waals surface area contributed by atoms with Gasteiger partial charge in [0.1, 0.15) is 0 Å². The van der Waals surface area contributed by atoms with E-state index in [0.29, 0.717) is 24.9 Å². The molecule has 1 aromatic heterocycles. The van der Waals surface area contributed by atoms with Crippen molar-refractivity contribution in [2.75, 3.05) is 6.54 Å². The molecule has 0 amide bonds. The molecular weight excluding hydrogens is 248 g/mol. The van der Waals surface area contributed by atoms with Crippen molar-refractivity contribution >= 4 is 17.3 Å². The van der Waals surface area contributed by atoms with Gasteiger partial charge in [-0.05, 0) is 29.2 Å². The summed E-state index contributed by atoms with van der Waals surface area (Å²) < 4.78 is 25.4. The van der Waals surface area contributed by atoms with E-state index in [9.17, 15) is 13.6 Å². The maximum Gasteiger partial charge on any atom is 0.307 e. The Morgan fingerprint density at radius 1 is 1.47 bits per heavy atom. The number of rotatable bonds is 3. The molecule has 2 heterocycles. The van der Waals surface area contributed by atoms with Crippen LogP contribution in [-0.4, -0.2) is 17.6 Å². The molecule has 1 saturated heterocycles. The van der Waals surface area contributed by atoms with Gasteiger partial charge in [0.05, 0.1) is 5.92 Å². The molecule has 2 rings (SSSR count). The van der Waals surface area contributed by atoms with Gasteiger partial charge in [0, 0.05) is 18.2 Å². The third kappa shape index (κ3) is 2.63. The first-order chi connectivity index (χ1) is 8.09. The smallest absolute Gasteiger partial charge is 0.307 e. The molecule has 1 aromatic rings. The molecule has 1 aliphatic heterocycles. The largest absolute Gasteiger partial charge is 0.481 e. The summed E-state index contributed by atoms with van der Waals surface area (Å²) >= 11 is 1.26. The fraction of sp³-hybridized carbons (Fsp3) is 0.545. The lowest BCUT2D eigenvalue weighted by atomic mass is 9.91. The first kappa shape index (κ1) is 12.4. The molecular formula is C11H13F2NO2S. The topological polar surface area (TPSA) is 49.3 Å². The van der Waals surface area contributed by atoms with Crippen LogP contribution in [0.25, 0.3) is 0 Å². The summed E-state index contributed by atoms with van der Waals surface area (Å²) in [6.45, 7) is 0.346. The van der Waals surface area contributed by atoms with Gasteiger partial charge in [-0.1, -0.05) is 0 Å². The summed E-state index contributed by atoms with van der Waals surface area (Å²) in [6.07, 6.45) is -1.34. The fourth-order valence-electron chi connectivity index (χ4n) is 2.11. The van der Waals surface area contributed by atoms with E-state index in [1.54, 1.807) is 5.38 Å². The maximum absolute atomic E-state index is 12.7. The van der Waals surface area contributed by atoms with Crippen LogP contribution in [0.15, 0.2) is 10.8 Å². The number of hydrogen-bond acceptors (Lipinski definition) is 3. The Morgan fingerprint density at radius 2 is 2.24 bits per heavy atom. The minimum atomic E-state index is -2.46. The highest BCUT2D eigenvalue weighted by Crippen LogP contribution is 2.34. The molecule has 3 nitrogen and oxygen atoms in total. The average Bonchev–Trinajstić information content (AvgIpc) is 2.78. The second-order valence-corrected chi connectivity index (χ2v) is 4.90. The number of thiophene rings is 1. The van der Waals surface area contributed by atoms with Crippen LogP contribution in [0, 0.1) is 5.92 Å². The Kier molecular flexibility index (Phi) is 3.73. The number of nitrogens with one attached hydrogen (secondary N) is 1. The molecule has 17 heavy (non-hydrogen) atoms. The van der Waals surface area contributed by atoms with Gasteiger partial charge in [-0.15, -0.1) is 0 Å². The Labute approximate surface area is 101 Å². The summed E-state index contributed by atoms with van der Waals surface area (Å²) in [5.41, 5.74) is 0.690. The molecule has 2 N–H and O–H groups in total. The average molecular weight is 261 g/mol. The maximum atomic E-state index is 12.7. The first-order valence-corrected chi connectivity index (χ1v) is 6.34. The molecule has 0 radical (unpaired) electrons. The molecule has 2 atom stereocenters. The van der Waals surface area contributed by atoms with Crippen LogP contribution in [-0.2, 0) is 4.79 Å². The monoisotopic (exact) mass is 261 g/mol. The zero-order chi connectivity index (χ0) is 12.4. The van der Waals surface area contributed by atoms with Gasteiger partial charge in [-0.2, -0.15) is 11.3 Å². The number of aliphatic carboxylic acids is 1. The molecule has 94 valence electrons. The highest BCUT2D eigenvalue weighted by Gasteiger charge is 2.29. The lowest BCUT2D eigenvalue weighted by molar-refractivity contribution is -0.142. The Morgan fingerprint density at radius 3 is 2.76 bits per heavy atom. The SMILES string of the molecule is O=C(O)C1CCC(c2cscc2C(F)F)NC1. The second kappa shape index (κ2) is 5.10. The van der Waals surface area contributed by atoms with E-state index < -0.39 is 18.3 Å². The Bertz CT molecular complexity index is 400. The highest BCUT2D eigenvalue weighted by molar-refractivity contribution is 7.08. The van der Waals surface area contributed by atoms with Gasteiger partial charge < -0.3 is 10.4 Å². The van der Waals surface area contributed by atoms with E-state index in [1.165, 1.54) is 16.7 Å². The minimum Gasteiger partial charge on any atom is -0.481 e. The summed E-state index contributed by atoms with van der Waals surface area (Å²) in [6, 6.07) is -0.138. The van der Waals surface area contributed by atoms with Crippen LogP contribution in [0.1, 0.15) is 36.4 Å². The van der Waals surface area contributed by atoms with Gasteiger partial charge in [0.15, 0.2) is 0 Å². The van der Waals surface area contributed by atoms with E-state index in [4.69, 9.17) is 5.11 Å². The third-order valence-corrected chi connectivity index (χ3v) is 3.88. The minimum absolute atomic E-state index is 0.0706. The van der Waals surface area contributed by atoms with Gasteiger partial charge in [0.2, 0.25) is 0 Å². The van der Waals surface area contributed by atoms with Crippen LogP contribution < -0.4 is 5.32 Å².